The van der Waals surface area contributed by atoms with Crippen molar-refractivity contribution in [2.75, 3.05) is 26.8 Å². The number of rotatable bonds is 4. The van der Waals surface area contributed by atoms with Crippen molar-refractivity contribution in [3.8, 4) is 0 Å². The lowest BCUT2D eigenvalue weighted by molar-refractivity contribution is -0.168. The second kappa shape index (κ2) is 5.98. The van der Waals surface area contributed by atoms with Crippen molar-refractivity contribution in [2.45, 2.75) is 18.4 Å². The molecule has 0 amide bonds. The van der Waals surface area contributed by atoms with E-state index in [1.54, 1.807) is 0 Å². The lowest BCUT2D eigenvalue weighted by atomic mass is 9.85. The zero-order valence-corrected chi connectivity index (χ0v) is 10.6. The minimum absolute atomic E-state index is 0.00200. The number of nitrogens with one attached hydrogen (secondary N) is 1. The number of ether oxygens (including phenoxy) is 2. The Kier molecular flexibility index (Phi) is 4.33. The Morgan fingerprint density at radius 2 is 1.94 bits per heavy atom. The molecule has 0 aromatic heterocycles. The van der Waals surface area contributed by atoms with Crippen LogP contribution in [0, 0.1) is 0 Å². The highest BCUT2D eigenvalue weighted by atomic mass is 16.6. The highest BCUT2D eigenvalue weighted by molar-refractivity contribution is 5.71. The number of carbonyl (C=O) groups is 1. The molecule has 0 spiro atoms. The van der Waals surface area contributed by atoms with Crippen LogP contribution in [-0.2, 0) is 19.9 Å². The summed E-state index contributed by atoms with van der Waals surface area (Å²) in [5.41, 5.74) is 0.568. The highest BCUT2D eigenvalue weighted by Gasteiger charge is 2.37. The predicted octanol–water partition coefficient (Wildman–Crippen LogP) is 1.45. The number of esters is 1. The number of piperidine rings is 1. The molecule has 98 valence electrons. The Labute approximate surface area is 107 Å². The zero-order chi connectivity index (χ0) is 12.8. The lowest BCUT2D eigenvalue weighted by Crippen LogP contribution is -2.43. The summed E-state index contributed by atoms with van der Waals surface area (Å²) in [6, 6.07) is 9.96. The van der Waals surface area contributed by atoms with Crippen LogP contribution < -0.4 is 5.32 Å². The van der Waals surface area contributed by atoms with E-state index in [1.165, 1.54) is 7.11 Å². The molecule has 1 N–H and O–H groups in total. The maximum atomic E-state index is 11.7. The smallest absolute Gasteiger partial charge is 0.332 e. The standard InChI is InChI=1S/C14H19NO3/c1-17-11-13(16)18-14(7-9-15-10-8-14)12-5-3-2-4-6-12/h2-6,15H,7-11H2,1H3. The van der Waals surface area contributed by atoms with Gasteiger partial charge < -0.3 is 14.8 Å². The lowest BCUT2D eigenvalue weighted by Gasteiger charge is -2.37. The number of hydrogen-bond acceptors (Lipinski definition) is 4. The molecule has 0 radical (unpaired) electrons. The molecule has 1 aromatic carbocycles. The van der Waals surface area contributed by atoms with E-state index in [4.69, 9.17) is 9.47 Å². The van der Waals surface area contributed by atoms with E-state index in [9.17, 15) is 4.79 Å². The molecule has 4 nitrogen and oxygen atoms in total. The Morgan fingerprint density at radius 1 is 1.28 bits per heavy atom. The van der Waals surface area contributed by atoms with E-state index in [1.807, 2.05) is 30.3 Å². The Morgan fingerprint density at radius 3 is 2.56 bits per heavy atom. The monoisotopic (exact) mass is 249 g/mol. The fourth-order valence-electron chi connectivity index (χ4n) is 2.39. The first kappa shape index (κ1) is 13.1. The third-order valence-corrected chi connectivity index (χ3v) is 3.28. The third kappa shape index (κ3) is 2.89. The third-order valence-electron chi connectivity index (χ3n) is 3.28. The number of carbonyl (C=O) groups excluding carboxylic acids is 1. The molecule has 1 aliphatic heterocycles. The van der Waals surface area contributed by atoms with Crippen LogP contribution in [0.25, 0.3) is 0 Å². The topological polar surface area (TPSA) is 47.6 Å². The highest BCUT2D eigenvalue weighted by Crippen LogP contribution is 2.34. The fraction of sp³-hybridized carbons (Fsp3) is 0.500. The van der Waals surface area contributed by atoms with E-state index in [2.05, 4.69) is 5.32 Å². The van der Waals surface area contributed by atoms with Crippen molar-refractivity contribution in [3.05, 3.63) is 35.9 Å². The Balaban J connectivity index is 2.20. The summed E-state index contributed by atoms with van der Waals surface area (Å²) in [5, 5.41) is 3.29. The molecule has 0 aliphatic carbocycles. The summed E-state index contributed by atoms with van der Waals surface area (Å²) in [4.78, 5) is 11.7. The van der Waals surface area contributed by atoms with Gasteiger partial charge in [0.2, 0.25) is 0 Å². The van der Waals surface area contributed by atoms with Crippen molar-refractivity contribution in [3.63, 3.8) is 0 Å². The minimum Gasteiger partial charge on any atom is -0.452 e. The first-order valence-corrected chi connectivity index (χ1v) is 6.24. The van der Waals surface area contributed by atoms with Gasteiger partial charge in [0.25, 0.3) is 0 Å². The number of methoxy groups -OCH3 is 1. The number of benzene rings is 1. The van der Waals surface area contributed by atoms with Gasteiger partial charge in [-0.1, -0.05) is 30.3 Å². The van der Waals surface area contributed by atoms with Crippen molar-refractivity contribution in [2.24, 2.45) is 0 Å². The van der Waals surface area contributed by atoms with Gasteiger partial charge in [-0.3, -0.25) is 0 Å². The Bertz CT molecular complexity index is 385. The normalized spacial score (nSPS) is 18.3. The molecule has 0 unspecified atom stereocenters. The second-order valence-electron chi connectivity index (χ2n) is 4.52. The van der Waals surface area contributed by atoms with Crippen LogP contribution in [0.15, 0.2) is 30.3 Å². The molecule has 0 atom stereocenters. The summed E-state index contributed by atoms with van der Waals surface area (Å²) < 4.78 is 10.5. The molecular formula is C14H19NO3. The van der Waals surface area contributed by atoms with Crippen LogP contribution in [0.3, 0.4) is 0 Å². The van der Waals surface area contributed by atoms with Crippen molar-refractivity contribution in [1.29, 1.82) is 0 Å². The van der Waals surface area contributed by atoms with Crippen LogP contribution in [0.2, 0.25) is 0 Å². The minimum atomic E-state index is -0.498. The van der Waals surface area contributed by atoms with Crippen LogP contribution >= 0.6 is 0 Å². The van der Waals surface area contributed by atoms with Crippen molar-refractivity contribution >= 4 is 5.97 Å². The van der Waals surface area contributed by atoms with Gasteiger partial charge in [-0.05, 0) is 18.7 Å². The van der Waals surface area contributed by atoms with Gasteiger partial charge in [-0.25, -0.2) is 4.79 Å². The summed E-state index contributed by atoms with van der Waals surface area (Å²) in [5.74, 6) is -0.303. The van der Waals surface area contributed by atoms with Crippen molar-refractivity contribution < 1.29 is 14.3 Å². The molecule has 0 bridgehead atoms. The van der Waals surface area contributed by atoms with Crippen LogP contribution in [0.1, 0.15) is 18.4 Å². The molecule has 1 saturated heterocycles. The van der Waals surface area contributed by atoms with Gasteiger partial charge in [-0.2, -0.15) is 0 Å². The number of hydrogen-bond donors (Lipinski definition) is 1. The predicted molar refractivity (Wildman–Crippen MR) is 68.2 cm³/mol. The molecular weight excluding hydrogens is 230 g/mol. The zero-order valence-electron chi connectivity index (χ0n) is 10.6. The molecule has 1 aromatic rings. The van der Waals surface area contributed by atoms with Gasteiger partial charge in [0.05, 0.1) is 0 Å². The molecule has 4 heteroatoms. The summed E-state index contributed by atoms with van der Waals surface area (Å²) in [6.45, 7) is 1.71. The fourth-order valence-corrected chi connectivity index (χ4v) is 2.39. The molecule has 1 aliphatic rings. The summed E-state index contributed by atoms with van der Waals surface area (Å²) >= 11 is 0. The van der Waals surface area contributed by atoms with E-state index >= 15 is 0 Å². The quantitative estimate of drug-likeness (QED) is 0.821. The Hall–Kier alpha value is -1.39. The molecule has 18 heavy (non-hydrogen) atoms. The van der Waals surface area contributed by atoms with E-state index in [0.717, 1.165) is 31.5 Å². The van der Waals surface area contributed by atoms with E-state index in [-0.39, 0.29) is 12.6 Å². The van der Waals surface area contributed by atoms with Crippen LogP contribution in [0.4, 0.5) is 0 Å². The van der Waals surface area contributed by atoms with Gasteiger partial charge >= 0.3 is 5.97 Å². The van der Waals surface area contributed by atoms with E-state index < -0.39 is 5.60 Å². The molecule has 2 rings (SSSR count). The SMILES string of the molecule is COCC(=O)OC1(c2ccccc2)CCNCC1. The summed E-state index contributed by atoms with van der Waals surface area (Å²) in [6.07, 6.45) is 1.60. The largest absolute Gasteiger partial charge is 0.452 e. The van der Waals surface area contributed by atoms with Gasteiger partial charge in [0.15, 0.2) is 0 Å². The molecule has 1 fully saturated rings. The van der Waals surface area contributed by atoms with Crippen LogP contribution in [0.5, 0.6) is 0 Å². The van der Waals surface area contributed by atoms with E-state index in [0.29, 0.717) is 0 Å². The molecule has 1 heterocycles. The summed E-state index contributed by atoms with van der Waals surface area (Å²) in [7, 11) is 1.50. The maximum absolute atomic E-state index is 11.7. The van der Waals surface area contributed by atoms with Gasteiger partial charge in [0, 0.05) is 20.0 Å². The second-order valence-corrected chi connectivity index (χ2v) is 4.52. The average Bonchev–Trinajstić information content (AvgIpc) is 2.41. The average molecular weight is 249 g/mol. The first-order chi connectivity index (χ1) is 8.77. The first-order valence-electron chi connectivity index (χ1n) is 6.24. The van der Waals surface area contributed by atoms with Gasteiger partial charge in [-0.15, -0.1) is 0 Å². The van der Waals surface area contributed by atoms with Crippen molar-refractivity contribution in [1.82, 2.24) is 5.32 Å². The maximum Gasteiger partial charge on any atom is 0.332 e. The van der Waals surface area contributed by atoms with Gasteiger partial charge in [0.1, 0.15) is 12.2 Å². The van der Waals surface area contributed by atoms with Crippen LogP contribution in [-0.4, -0.2) is 32.8 Å². The molecule has 0 saturated carbocycles.